The van der Waals surface area contributed by atoms with Gasteiger partial charge in [0.05, 0.1) is 0 Å². The first-order valence-electron chi connectivity index (χ1n) is 6.22. The monoisotopic (exact) mass is 297 g/mol. The Kier molecular flexibility index (Phi) is 4.93. The van der Waals surface area contributed by atoms with Crippen LogP contribution in [0.2, 0.25) is 5.02 Å². The van der Waals surface area contributed by atoms with Gasteiger partial charge in [0.2, 0.25) is 0 Å². The van der Waals surface area contributed by atoms with E-state index in [1.807, 2.05) is 6.92 Å². The third kappa shape index (κ3) is 3.68. The second-order valence-electron chi connectivity index (χ2n) is 4.22. The minimum atomic E-state index is -0.729. The summed E-state index contributed by atoms with van der Waals surface area (Å²) >= 11 is 5.74. The highest BCUT2D eigenvalue weighted by atomic mass is 35.5. The molecule has 5 heteroatoms. The minimum absolute atomic E-state index is 0.326. The largest absolute Gasteiger partial charge is 0.451 e. The van der Waals surface area contributed by atoms with Crippen LogP contribution in [0.4, 0.5) is 8.78 Å². The lowest BCUT2D eigenvalue weighted by atomic mass is 10.2. The van der Waals surface area contributed by atoms with Crippen molar-refractivity contribution in [3.8, 4) is 11.5 Å². The SMILES string of the molecule is CCNCc1cc(F)c(Oc2ccc(Cl)cc2)c(F)c1. The Morgan fingerprint density at radius 1 is 1.10 bits per heavy atom. The molecule has 2 nitrogen and oxygen atoms in total. The van der Waals surface area contributed by atoms with Crippen molar-refractivity contribution < 1.29 is 13.5 Å². The minimum Gasteiger partial charge on any atom is -0.451 e. The lowest BCUT2D eigenvalue weighted by Crippen LogP contribution is -2.12. The molecule has 2 aromatic rings. The summed E-state index contributed by atoms with van der Waals surface area (Å²) < 4.78 is 33.0. The fourth-order valence-electron chi connectivity index (χ4n) is 1.70. The molecule has 0 radical (unpaired) electrons. The molecule has 0 fully saturated rings. The number of benzene rings is 2. The molecule has 0 saturated heterocycles. The first-order valence-corrected chi connectivity index (χ1v) is 6.60. The van der Waals surface area contributed by atoms with Crippen LogP contribution < -0.4 is 10.1 Å². The van der Waals surface area contributed by atoms with Crippen molar-refractivity contribution >= 4 is 11.6 Å². The number of halogens is 3. The predicted molar refractivity (Wildman–Crippen MR) is 75.3 cm³/mol. The second-order valence-corrected chi connectivity index (χ2v) is 4.66. The number of hydrogen-bond donors (Lipinski definition) is 1. The first kappa shape index (κ1) is 14.8. The summed E-state index contributed by atoms with van der Waals surface area (Å²) in [6.45, 7) is 3.06. The highest BCUT2D eigenvalue weighted by molar-refractivity contribution is 6.30. The molecule has 2 aromatic carbocycles. The summed E-state index contributed by atoms with van der Waals surface area (Å²) in [5.41, 5.74) is 0.533. The van der Waals surface area contributed by atoms with Crippen LogP contribution in [-0.2, 0) is 6.54 Å². The number of ether oxygens (including phenoxy) is 1. The molecule has 0 amide bonds. The van der Waals surface area contributed by atoms with Crippen LogP contribution in [-0.4, -0.2) is 6.54 Å². The topological polar surface area (TPSA) is 21.3 Å². The Hall–Kier alpha value is -1.65. The molecular weight excluding hydrogens is 284 g/mol. The average molecular weight is 298 g/mol. The maximum atomic E-state index is 13.9. The quantitative estimate of drug-likeness (QED) is 0.876. The third-order valence-electron chi connectivity index (χ3n) is 2.67. The van der Waals surface area contributed by atoms with E-state index in [-0.39, 0.29) is 0 Å². The van der Waals surface area contributed by atoms with E-state index in [1.165, 1.54) is 12.1 Å². The van der Waals surface area contributed by atoms with Crippen LogP contribution in [0.3, 0.4) is 0 Å². The Labute approximate surface area is 121 Å². The molecule has 0 heterocycles. The Bertz CT molecular complexity index is 564. The fraction of sp³-hybridized carbons (Fsp3) is 0.200. The van der Waals surface area contributed by atoms with Gasteiger partial charge in [-0.1, -0.05) is 18.5 Å². The van der Waals surface area contributed by atoms with E-state index in [1.54, 1.807) is 24.3 Å². The van der Waals surface area contributed by atoms with Crippen molar-refractivity contribution in [2.45, 2.75) is 13.5 Å². The van der Waals surface area contributed by atoms with E-state index in [0.717, 1.165) is 6.54 Å². The molecule has 0 aliphatic carbocycles. The molecule has 0 aromatic heterocycles. The molecular formula is C15H14ClF2NO. The highest BCUT2D eigenvalue weighted by Gasteiger charge is 2.13. The van der Waals surface area contributed by atoms with Gasteiger partial charge in [-0.25, -0.2) is 8.78 Å². The molecule has 0 aliphatic rings. The van der Waals surface area contributed by atoms with E-state index >= 15 is 0 Å². The van der Waals surface area contributed by atoms with Gasteiger partial charge >= 0.3 is 0 Å². The summed E-state index contributed by atoms with van der Waals surface area (Å²) in [5, 5.41) is 3.53. The summed E-state index contributed by atoms with van der Waals surface area (Å²) in [6.07, 6.45) is 0. The zero-order valence-electron chi connectivity index (χ0n) is 10.9. The number of nitrogens with one attached hydrogen (secondary N) is 1. The van der Waals surface area contributed by atoms with E-state index in [9.17, 15) is 8.78 Å². The van der Waals surface area contributed by atoms with Gasteiger partial charge in [0.15, 0.2) is 17.4 Å². The molecule has 0 unspecified atom stereocenters. The van der Waals surface area contributed by atoms with Gasteiger partial charge in [0.25, 0.3) is 0 Å². The van der Waals surface area contributed by atoms with Crippen LogP contribution in [0.1, 0.15) is 12.5 Å². The fourth-order valence-corrected chi connectivity index (χ4v) is 1.83. The van der Waals surface area contributed by atoms with Crippen LogP contribution in [0.25, 0.3) is 0 Å². The van der Waals surface area contributed by atoms with E-state index in [0.29, 0.717) is 22.9 Å². The number of hydrogen-bond acceptors (Lipinski definition) is 2. The van der Waals surface area contributed by atoms with Gasteiger partial charge in [0, 0.05) is 11.6 Å². The molecule has 0 saturated carbocycles. The molecule has 0 spiro atoms. The van der Waals surface area contributed by atoms with Crippen LogP contribution in [0.15, 0.2) is 36.4 Å². The maximum Gasteiger partial charge on any atom is 0.198 e. The van der Waals surface area contributed by atoms with Crippen molar-refractivity contribution in [1.29, 1.82) is 0 Å². The average Bonchev–Trinajstić information content (AvgIpc) is 2.42. The smallest absolute Gasteiger partial charge is 0.198 e. The van der Waals surface area contributed by atoms with E-state index < -0.39 is 17.4 Å². The molecule has 0 bridgehead atoms. The maximum absolute atomic E-state index is 13.9. The zero-order valence-corrected chi connectivity index (χ0v) is 11.7. The van der Waals surface area contributed by atoms with Crippen LogP contribution >= 0.6 is 11.6 Å². The van der Waals surface area contributed by atoms with Gasteiger partial charge in [-0.15, -0.1) is 0 Å². The summed E-state index contributed by atoms with van der Waals surface area (Å²) in [5.74, 6) is -1.54. The molecule has 0 aliphatic heterocycles. The standard InChI is InChI=1S/C15H14ClF2NO/c1-2-19-9-10-7-13(17)15(14(18)8-10)20-12-5-3-11(16)4-6-12/h3-8,19H,2,9H2,1H3. The van der Waals surface area contributed by atoms with Crippen LogP contribution in [0, 0.1) is 11.6 Å². The van der Waals surface area contributed by atoms with Gasteiger partial charge in [0.1, 0.15) is 5.75 Å². The highest BCUT2D eigenvalue weighted by Crippen LogP contribution is 2.29. The Morgan fingerprint density at radius 2 is 1.70 bits per heavy atom. The van der Waals surface area contributed by atoms with Gasteiger partial charge in [-0.05, 0) is 48.5 Å². The zero-order chi connectivity index (χ0) is 14.5. The molecule has 0 atom stereocenters. The van der Waals surface area contributed by atoms with Gasteiger partial charge in [-0.3, -0.25) is 0 Å². The van der Waals surface area contributed by atoms with Crippen molar-refractivity contribution in [3.63, 3.8) is 0 Å². The summed E-state index contributed by atoms with van der Waals surface area (Å²) in [6, 6.07) is 8.80. The van der Waals surface area contributed by atoms with Crippen molar-refractivity contribution in [3.05, 3.63) is 58.6 Å². The van der Waals surface area contributed by atoms with E-state index in [4.69, 9.17) is 16.3 Å². The Balaban J connectivity index is 2.21. The molecule has 106 valence electrons. The van der Waals surface area contributed by atoms with Crippen molar-refractivity contribution in [1.82, 2.24) is 5.32 Å². The summed E-state index contributed by atoms with van der Waals surface area (Å²) in [7, 11) is 0. The summed E-state index contributed by atoms with van der Waals surface area (Å²) in [4.78, 5) is 0. The Morgan fingerprint density at radius 3 is 2.25 bits per heavy atom. The third-order valence-corrected chi connectivity index (χ3v) is 2.92. The second kappa shape index (κ2) is 6.68. The van der Waals surface area contributed by atoms with Crippen molar-refractivity contribution in [2.75, 3.05) is 6.54 Å². The van der Waals surface area contributed by atoms with Gasteiger partial charge in [-0.2, -0.15) is 0 Å². The lowest BCUT2D eigenvalue weighted by Gasteiger charge is -2.10. The molecule has 1 N–H and O–H groups in total. The van der Waals surface area contributed by atoms with E-state index in [2.05, 4.69) is 5.32 Å². The molecule has 20 heavy (non-hydrogen) atoms. The van der Waals surface area contributed by atoms with Crippen molar-refractivity contribution in [2.24, 2.45) is 0 Å². The first-order chi connectivity index (χ1) is 9.60. The predicted octanol–water partition coefficient (Wildman–Crippen LogP) is 4.52. The lowest BCUT2D eigenvalue weighted by molar-refractivity contribution is 0.406. The van der Waals surface area contributed by atoms with Crippen LogP contribution in [0.5, 0.6) is 11.5 Å². The number of rotatable bonds is 5. The van der Waals surface area contributed by atoms with Gasteiger partial charge < -0.3 is 10.1 Å². The normalized spacial score (nSPS) is 10.6. The molecule has 2 rings (SSSR count).